The summed E-state index contributed by atoms with van der Waals surface area (Å²) < 4.78 is 6.07. The Bertz CT molecular complexity index is 540. The molecule has 114 valence electrons. The first-order valence-electron chi connectivity index (χ1n) is 8.20. The third-order valence-corrected chi connectivity index (χ3v) is 4.60. The van der Waals surface area contributed by atoms with E-state index in [4.69, 9.17) is 4.42 Å². The standard InChI is InChI=1S/C18H26N2O/c1-3-11-19-16(13-20(2)15-8-6-9-15)18-12-14-7-4-5-10-17(14)21-18/h4-5,7,10,12,15-16,19H,3,6,8-9,11,13H2,1-2H3. The third-order valence-electron chi connectivity index (χ3n) is 4.60. The van der Waals surface area contributed by atoms with E-state index < -0.39 is 0 Å². The molecule has 1 aliphatic rings. The molecule has 1 saturated carbocycles. The average Bonchev–Trinajstić information content (AvgIpc) is 2.85. The molecule has 1 N–H and O–H groups in total. The van der Waals surface area contributed by atoms with Gasteiger partial charge in [-0.2, -0.15) is 0 Å². The minimum Gasteiger partial charge on any atom is -0.459 e. The van der Waals surface area contributed by atoms with Crippen LogP contribution in [0.2, 0.25) is 0 Å². The van der Waals surface area contributed by atoms with Crippen molar-refractivity contribution in [2.45, 2.75) is 44.7 Å². The number of fused-ring (bicyclic) bond motifs is 1. The molecule has 1 heterocycles. The van der Waals surface area contributed by atoms with Gasteiger partial charge in [0, 0.05) is 18.0 Å². The molecule has 1 aliphatic carbocycles. The van der Waals surface area contributed by atoms with Crippen LogP contribution in [0.25, 0.3) is 11.0 Å². The van der Waals surface area contributed by atoms with Crippen molar-refractivity contribution in [3.8, 4) is 0 Å². The SMILES string of the molecule is CCCNC(CN(C)C1CCC1)c1cc2ccccc2o1. The van der Waals surface area contributed by atoms with Gasteiger partial charge in [0.25, 0.3) is 0 Å². The van der Waals surface area contributed by atoms with Crippen LogP contribution in [-0.4, -0.2) is 31.1 Å². The van der Waals surface area contributed by atoms with Gasteiger partial charge in [-0.3, -0.25) is 0 Å². The number of likely N-dealkylation sites (N-methyl/N-ethyl adjacent to an activating group) is 1. The summed E-state index contributed by atoms with van der Waals surface area (Å²) in [6.45, 7) is 4.25. The lowest BCUT2D eigenvalue weighted by atomic mass is 9.91. The number of nitrogens with one attached hydrogen (secondary N) is 1. The van der Waals surface area contributed by atoms with Crippen LogP contribution in [0.3, 0.4) is 0 Å². The van der Waals surface area contributed by atoms with E-state index in [1.165, 1.54) is 24.6 Å². The van der Waals surface area contributed by atoms with Crippen LogP contribution in [0.4, 0.5) is 0 Å². The van der Waals surface area contributed by atoms with Gasteiger partial charge in [-0.1, -0.05) is 31.5 Å². The lowest BCUT2D eigenvalue weighted by Crippen LogP contribution is -2.42. The largest absolute Gasteiger partial charge is 0.459 e. The van der Waals surface area contributed by atoms with Gasteiger partial charge in [0.1, 0.15) is 11.3 Å². The Morgan fingerprint density at radius 1 is 1.33 bits per heavy atom. The van der Waals surface area contributed by atoms with Gasteiger partial charge >= 0.3 is 0 Å². The highest BCUT2D eigenvalue weighted by Crippen LogP contribution is 2.28. The number of nitrogens with zero attached hydrogens (tertiary/aromatic N) is 1. The van der Waals surface area contributed by atoms with Gasteiger partial charge < -0.3 is 14.6 Å². The molecular formula is C18H26N2O. The number of hydrogen-bond donors (Lipinski definition) is 1. The molecule has 0 bridgehead atoms. The van der Waals surface area contributed by atoms with E-state index in [0.717, 1.165) is 36.9 Å². The van der Waals surface area contributed by atoms with Crippen molar-refractivity contribution in [3.63, 3.8) is 0 Å². The summed E-state index contributed by atoms with van der Waals surface area (Å²) in [6, 6.07) is 11.5. The first-order chi connectivity index (χ1) is 10.3. The lowest BCUT2D eigenvalue weighted by Gasteiger charge is -2.36. The molecule has 0 aliphatic heterocycles. The molecule has 0 saturated heterocycles. The first kappa shape index (κ1) is 14.6. The Morgan fingerprint density at radius 3 is 2.81 bits per heavy atom. The Hall–Kier alpha value is -1.32. The lowest BCUT2D eigenvalue weighted by molar-refractivity contribution is 0.141. The van der Waals surface area contributed by atoms with Crippen LogP contribution in [-0.2, 0) is 0 Å². The molecule has 21 heavy (non-hydrogen) atoms. The normalized spacial score (nSPS) is 17.3. The summed E-state index contributed by atoms with van der Waals surface area (Å²) >= 11 is 0. The maximum atomic E-state index is 6.07. The maximum absolute atomic E-state index is 6.07. The van der Waals surface area contributed by atoms with E-state index in [1.807, 2.05) is 12.1 Å². The Labute approximate surface area is 127 Å². The Morgan fingerprint density at radius 2 is 2.14 bits per heavy atom. The highest BCUT2D eigenvalue weighted by Gasteiger charge is 2.25. The third kappa shape index (κ3) is 3.30. The Kier molecular flexibility index (Phi) is 4.61. The monoisotopic (exact) mass is 286 g/mol. The minimum absolute atomic E-state index is 0.281. The molecule has 1 atom stereocenters. The highest BCUT2D eigenvalue weighted by molar-refractivity contribution is 5.77. The second kappa shape index (κ2) is 6.63. The predicted molar refractivity (Wildman–Crippen MR) is 87.5 cm³/mol. The molecule has 3 rings (SSSR count). The number of para-hydroxylation sites is 1. The summed E-state index contributed by atoms with van der Waals surface area (Å²) in [6.07, 6.45) is 5.21. The molecule has 3 nitrogen and oxygen atoms in total. The van der Waals surface area contributed by atoms with Gasteiger partial charge in [0.05, 0.1) is 6.04 Å². The molecule has 3 heteroatoms. The number of furan rings is 1. The fraction of sp³-hybridized carbons (Fsp3) is 0.556. The van der Waals surface area contributed by atoms with Gasteiger partial charge in [-0.15, -0.1) is 0 Å². The second-order valence-corrected chi connectivity index (χ2v) is 6.22. The van der Waals surface area contributed by atoms with Crippen molar-refractivity contribution >= 4 is 11.0 Å². The smallest absolute Gasteiger partial charge is 0.134 e. The summed E-state index contributed by atoms with van der Waals surface area (Å²) in [5, 5.41) is 4.84. The molecule has 1 fully saturated rings. The van der Waals surface area contributed by atoms with Crippen LogP contribution in [0.15, 0.2) is 34.7 Å². The molecule has 1 unspecified atom stereocenters. The van der Waals surface area contributed by atoms with Crippen molar-refractivity contribution in [1.29, 1.82) is 0 Å². The van der Waals surface area contributed by atoms with Crippen molar-refractivity contribution in [3.05, 3.63) is 36.1 Å². The molecular weight excluding hydrogens is 260 g/mol. The molecule has 0 radical (unpaired) electrons. The zero-order valence-electron chi connectivity index (χ0n) is 13.1. The summed E-state index contributed by atoms with van der Waals surface area (Å²) in [5.41, 5.74) is 0.988. The zero-order valence-corrected chi connectivity index (χ0v) is 13.1. The van der Waals surface area contributed by atoms with Gasteiger partial charge in [0.15, 0.2) is 0 Å². The number of benzene rings is 1. The van der Waals surface area contributed by atoms with Crippen LogP contribution < -0.4 is 5.32 Å². The molecule has 2 aromatic rings. The quantitative estimate of drug-likeness (QED) is 0.835. The van der Waals surface area contributed by atoms with Gasteiger partial charge in [-0.05, 0) is 45.0 Å². The molecule has 1 aromatic heterocycles. The summed E-state index contributed by atoms with van der Waals surface area (Å²) in [7, 11) is 2.24. The van der Waals surface area contributed by atoms with Gasteiger partial charge in [-0.25, -0.2) is 0 Å². The van der Waals surface area contributed by atoms with E-state index in [9.17, 15) is 0 Å². The predicted octanol–water partition coefficient (Wildman–Crippen LogP) is 3.96. The van der Waals surface area contributed by atoms with E-state index in [0.29, 0.717) is 0 Å². The van der Waals surface area contributed by atoms with E-state index in [1.54, 1.807) is 0 Å². The maximum Gasteiger partial charge on any atom is 0.134 e. The fourth-order valence-corrected chi connectivity index (χ4v) is 3.01. The number of rotatable bonds is 7. The average molecular weight is 286 g/mol. The van der Waals surface area contributed by atoms with E-state index in [2.05, 4.69) is 42.4 Å². The fourth-order valence-electron chi connectivity index (χ4n) is 3.01. The van der Waals surface area contributed by atoms with Gasteiger partial charge in [0.2, 0.25) is 0 Å². The summed E-state index contributed by atoms with van der Waals surface area (Å²) in [5.74, 6) is 1.07. The van der Waals surface area contributed by atoms with Crippen LogP contribution >= 0.6 is 0 Å². The van der Waals surface area contributed by atoms with Crippen LogP contribution in [0.5, 0.6) is 0 Å². The highest BCUT2D eigenvalue weighted by atomic mass is 16.3. The van der Waals surface area contributed by atoms with E-state index >= 15 is 0 Å². The van der Waals surface area contributed by atoms with Crippen molar-refractivity contribution < 1.29 is 4.42 Å². The van der Waals surface area contributed by atoms with Crippen molar-refractivity contribution in [2.24, 2.45) is 0 Å². The van der Waals surface area contributed by atoms with Crippen molar-refractivity contribution in [1.82, 2.24) is 10.2 Å². The van der Waals surface area contributed by atoms with Crippen LogP contribution in [0.1, 0.15) is 44.4 Å². The van der Waals surface area contributed by atoms with Crippen molar-refractivity contribution in [2.75, 3.05) is 20.1 Å². The number of hydrogen-bond acceptors (Lipinski definition) is 3. The van der Waals surface area contributed by atoms with Crippen LogP contribution in [0, 0.1) is 0 Å². The Balaban J connectivity index is 1.76. The minimum atomic E-state index is 0.281. The second-order valence-electron chi connectivity index (χ2n) is 6.22. The molecule has 0 amide bonds. The summed E-state index contributed by atoms with van der Waals surface area (Å²) in [4.78, 5) is 2.49. The zero-order chi connectivity index (χ0) is 14.7. The molecule has 1 aromatic carbocycles. The topological polar surface area (TPSA) is 28.4 Å². The van der Waals surface area contributed by atoms with E-state index in [-0.39, 0.29) is 6.04 Å². The molecule has 0 spiro atoms. The first-order valence-corrected chi connectivity index (χ1v) is 8.20.